The van der Waals surface area contributed by atoms with Gasteiger partial charge in [0.1, 0.15) is 0 Å². The quantitative estimate of drug-likeness (QED) is 0.291. The number of guanidine groups is 1. The standard InChI is InChI=1S/C19H32N4OS.HI/c1-14(2)10-17(24)23-16-9-7-8-15(11-16)12-21-18(20-5)22-13-19(3,4)25-6;/h7-9,11,14H,10,12-13H2,1-6H3,(H,23,24)(H2,20,21,22);1H. The Morgan fingerprint density at radius 1 is 1.27 bits per heavy atom. The Kier molecular flexibility index (Phi) is 12.0. The van der Waals surface area contributed by atoms with Gasteiger partial charge in [-0.25, -0.2) is 0 Å². The van der Waals surface area contributed by atoms with Crippen molar-refractivity contribution in [3.63, 3.8) is 0 Å². The molecule has 1 aromatic rings. The minimum Gasteiger partial charge on any atom is -0.355 e. The van der Waals surface area contributed by atoms with Crippen molar-refractivity contribution in [2.45, 2.75) is 45.4 Å². The number of anilines is 1. The number of carbonyl (C=O) groups is 1. The van der Waals surface area contributed by atoms with Gasteiger partial charge in [-0.3, -0.25) is 9.79 Å². The summed E-state index contributed by atoms with van der Waals surface area (Å²) >= 11 is 1.82. The summed E-state index contributed by atoms with van der Waals surface area (Å²) in [7, 11) is 1.77. The number of rotatable bonds is 8. The van der Waals surface area contributed by atoms with Gasteiger partial charge in [0.15, 0.2) is 5.96 Å². The molecule has 0 heterocycles. The average molecular weight is 492 g/mol. The average Bonchev–Trinajstić information content (AvgIpc) is 2.54. The molecule has 0 aliphatic heterocycles. The molecule has 0 saturated heterocycles. The number of thioether (sulfide) groups is 1. The number of nitrogens with one attached hydrogen (secondary N) is 3. The molecular formula is C19H33IN4OS. The number of carbonyl (C=O) groups excluding carboxylic acids is 1. The summed E-state index contributed by atoms with van der Waals surface area (Å²) in [6, 6.07) is 7.89. The van der Waals surface area contributed by atoms with E-state index in [0.29, 0.717) is 18.9 Å². The van der Waals surface area contributed by atoms with Crippen LogP contribution in [0.2, 0.25) is 0 Å². The SMILES string of the molecule is CN=C(NCc1cccc(NC(=O)CC(C)C)c1)NCC(C)(C)SC.I. The first-order valence-electron chi connectivity index (χ1n) is 8.64. The Morgan fingerprint density at radius 3 is 2.54 bits per heavy atom. The van der Waals surface area contributed by atoms with Gasteiger partial charge in [0.25, 0.3) is 0 Å². The van der Waals surface area contributed by atoms with Crippen molar-refractivity contribution in [2.75, 3.05) is 25.2 Å². The number of nitrogens with zero attached hydrogens (tertiary/aromatic N) is 1. The second-order valence-corrected chi connectivity index (χ2v) is 8.60. The normalized spacial score (nSPS) is 11.7. The largest absolute Gasteiger partial charge is 0.355 e. The van der Waals surface area contributed by atoms with Crippen LogP contribution in [0.5, 0.6) is 0 Å². The third-order valence-corrected chi connectivity index (χ3v) is 4.97. The number of hydrogen-bond donors (Lipinski definition) is 3. The fourth-order valence-electron chi connectivity index (χ4n) is 2.12. The maximum atomic E-state index is 11.9. The second kappa shape index (κ2) is 12.4. The number of hydrogen-bond acceptors (Lipinski definition) is 3. The highest BCUT2D eigenvalue weighted by molar-refractivity contribution is 14.0. The first-order chi connectivity index (χ1) is 11.8. The number of amides is 1. The lowest BCUT2D eigenvalue weighted by molar-refractivity contribution is -0.116. The zero-order valence-electron chi connectivity index (χ0n) is 16.7. The van der Waals surface area contributed by atoms with E-state index in [-0.39, 0.29) is 34.6 Å². The Morgan fingerprint density at radius 2 is 1.96 bits per heavy atom. The van der Waals surface area contributed by atoms with Gasteiger partial charge in [-0.1, -0.05) is 26.0 Å². The highest BCUT2D eigenvalue weighted by Gasteiger charge is 2.16. The van der Waals surface area contributed by atoms with Crippen molar-refractivity contribution in [3.8, 4) is 0 Å². The summed E-state index contributed by atoms with van der Waals surface area (Å²) in [5, 5.41) is 9.61. The van der Waals surface area contributed by atoms with Crippen LogP contribution in [-0.2, 0) is 11.3 Å². The number of halogens is 1. The van der Waals surface area contributed by atoms with Crippen LogP contribution in [0.1, 0.15) is 39.7 Å². The van der Waals surface area contributed by atoms with Crippen molar-refractivity contribution in [1.82, 2.24) is 10.6 Å². The van der Waals surface area contributed by atoms with Crippen LogP contribution in [0.25, 0.3) is 0 Å². The van der Waals surface area contributed by atoms with Crippen molar-refractivity contribution in [2.24, 2.45) is 10.9 Å². The maximum absolute atomic E-state index is 11.9. The molecule has 0 saturated carbocycles. The van der Waals surface area contributed by atoms with Gasteiger partial charge in [0, 0.05) is 37.0 Å². The summed E-state index contributed by atoms with van der Waals surface area (Å²) < 4.78 is 0.151. The van der Waals surface area contributed by atoms with E-state index in [1.54, 1.807) is 7.05 Å². The van der Waals surface area contributed by atoms with Crippen LogP contribution < -0.4 is 16.0 Å². The third kappa shape index (κ3) is 10.3. The Balaban J connectivity index is 0.00000625. The summed E-state index contributed by atoms with van der Waals surface area (Å²) in [4.78, 5) is 16.2. The fraction of sp³-hybridized carbons (Fsp3) is 0.579. The molecule has 3 N–H and O–H groups in total. The van der Waals surface area contributed by atoms with E-state index < -0.39 is 0 Å². The molecule has 0 aliphatic rings. The summed E-state index contributed by atoms with van der Waals surface area (Å²) in [6.07, 6.45) is 2.64. The zero-order valence-corrected chi connectivity index (χ0v) is 19.8. The van der Waals surface area contributed by atoms with Crippen LogP contribution in [0, 0.1) is 5.92 Å². The molecule has 0 bridgehead atoms. The van der Waals surface area contributed by atoms with E-state index in [4.69, 9.17) is 0 Å². The predicted molar refractivity (Wildman–Crippen MR) is 126 cm³/mol. The van der Waals surface area contributed by atoms with Crippen LogP contribution in [0.4, 0.5) is 5.69 Å². The highest BCUT2D eigenvalue weighted by Crippen LogP contribution is 2.19. The first-order valence-corrected chi connectivity index (χ1v) is 9.86. The van der Waals surface area contributed by atoms with E-state index in [0.717, 1.165) is 23.8 Å². The van der Waals surface area contributed by atoms with Crippen LogP contribution >= 0.6 is 35.7 Å². The molecule has 1 aromatic carbocycles. The summed E-state index contributed by atoms with van der Waals surface area (Å²) in [5.74, 6) is 1.18. The van der Waals surface area contributed by atoms with Crippen molar-refractivity contribution >= 4 is 53.3 Å². The van der Waals surface area contributed by atoms with E-state index in [1.165, 1.54) is 0 Å². The van der Waals surface area contributed by atoms with Crippen LogP contribution in [0.3, 0.4) is 0 Å². The topological polar surface area (TPSA) is 65.5 Å². The minimum atomic E-state index is 0. The van der Waals surface area contributed by atoms with Gasteiger partial charge in [-0.2, -0.15) is 11.8 Å². The lowest BCUT2D eigenvalue weighted by Gasteiger charge is -2.23. The highest BCUT2D eigenvalue weighted by atomic mass is 127. The van der Waals surface area contributed by atoms with Gasteiger partial charge < -0.3 is 16.0 Å². The van der Waals surface area contributed by atoms with E-state index >= 15 is 0 Å². The molecule has 0 unspecified atom stereocenters. The Hall–Kier alpha value is -0.960. The molecule has 26 heavy (non-hydrogen) atoms. The lowest BCUT2D eigenvalue weighted by atomic mass is 10.1. The first kappa shape index (κ1) is 25.0. The molecule has 0 atom stereocenters. The van der Waals surface area contributed by atoms with Gasteiger partial charge in [-0.15, -0.1) is 24.0 Å². The van der Waals surface area contributed by atoms with Gasteiger partial charge in [0.05, 0.1) is 0 Å². The fourth-order valence-corrected chi connectivity index (χ4v) is 2.33. The molecule has 0 aliphatic carbocycles. The lowest BCUT2D eigenvalue weighted by Crippen LogP contribution is -2.42. The van der Waals surface area contributed by atoms with E-state index in [9.17, 15) is 4.79 Å². The van der Waals surface area contributed by atoms with E-state index in [2.05, 4.69) is 41.0 Å². The second-order valence-electron chi connectivity index (χ2n) is 7.09. The molecule has 148 valence electrons. The minimum absolute atomic E-state index is 0. The maximum Gasteiger partial charge on any atom is 0.224 e. The van der Waals surface area contributed by atoms with Gasteiger partial charge in [0.2, 0.25) is 5.91 Å². The Labute approximate surface area is 179 Å². The molecule has 0 radical (unpaired) electrons. The summed E-state index contributed by atoms with van der Waals surface area (Å²) in [5.41, 5.74) is 1.92. The molecule has 0 fully saturated rings. The van der Waals surface area contributed by atoms with Gasteiger partial charge in [-0.05, 0) is 43.7 Å². The summed E-state index contributed by atoms with van der Waals surface area (Å²) in [6.45, 7) is 9.95. The van der Waals surface area contributed by atoms with Crippen LogP contribution in [-0.4, -0.2) is 36.5 Å². The van der Waals surface area contributed by atoms with E-state index in [1.807, 2.05) is 49.9 Å². The molecule has 5 nitrogen and oxygen atoms in total. The molecule has 0 spiro atoms. The third-order valence-electron chi connectivity index (χ3n) is 3.72. The zero-order chi connectivity index (χ0) is 18.9. The van der Waals surface area contributed by atoms with Crippen LogP contribution in [0.15, 0.2) is 29.3 Å². The van der Waals surface area contributed by atoms with Crippen molar-refractivity contribution < 1.29 is 4.79 Å². The monoisotopic (exact) mass is 492 g/mol. The molecule has 1 rings (SSSR count). The van der Waals surface area contributed by atoms with Gasteiger partial charge >= 0.3 is 0 Å². The van der Waals surface area contributed by atoms with Crippen molar-refractivity contribution in [1.29, 1.82) is 0 Å². The molecular weight excluding hydrogens is 459 g/mol. The molecule has 7 heteroatoms. The number of aliphatic imine (C=N–C) groups is 1. The molecule has 0 aromatic heterocycles. The van der Waals surface area contributed by atoms with Crippen molar-refractivity contribution in [3.05, 3.63) is 29.8 Å². The predicted octanol–water partition coefficient (Wildman–Crippen LogP) is 4.10. The molecule has 1 amide bonds. The Bertz CT molecular complexity index is 591. The smallest absolute Gasteiger partial charge is 0.224 e. The number of benzene rings is 1.